The van der Waals surface area contributed by atoms with Crippen LogP contribution in [0.15, 0.2) is 60.8 Å². The predicted octanol–water partition coefficient (Wildman–Crippen LogP) is 3.77. The highest BCUT2D eigenvalue weighted by atomic mass is 16.3. The second kappa shape index (κ2) is 5.05. The number of fused-ring (bicyclic) bond motifs is 1. The van der Waals surface area contributed by atoms with Crippen LogP contribution in [0.3, 0.4) is 0 Å². The first kappa shape index (κ1) is 12.2. The van der Waals surface area contributed by atoms with Gasteiger partial charge in [0.1, 0.15) is 5.75 Å². The first-order chi connectivity index (χ1) is 9.72. The van der Waals surface area contributed by atoms with E-state index < -0.39 is 0 Å². The molecule has 0 aliphatic heterocycles. The summed E-state index contributed by atoms with van der Waals surface area (Å²) >= 11 is 0. The van der Waals surface area contributed by atoms with Crippen LogP contribution in [0.1, 0.15) is 15.9 Å². The number of aromatic nitrogens is 1. The molecule has 0 saturated carbocycles. The number of ketones is 1. The number of H-pyrrole nitrogens is 1. The SMILES string of the molecule is O=C(/C=C/c1ccc2[nH]ccc2c1)c1ccc(O)cc1. The maximum absolute atomic E-state index is 12.0. The molecule has 2 aromatic carbocycles. The molecule has 1 aromatic heterocycles. The first-order valence-corrected chi connectivity index (χ1v) is 6.31. The molecule has 98 valence electrons. The highest BCUT2D eigenvalue weighted by Gasteiger charge is 2.01. The third kappa shape index (κ3) is 2.47. The molecule has 0 amide bonds. The van der Waals surface area contributed by atoms with Crippen LogP contribution < -0.4 is 0 Å². The zero-order valence-corrected chi connectivity index (χ0v) is 10.7. The van der Waals surface area contributed by atoms with Crippen molar-refractivity contribution in [2.24, 2.45) is 0 Å². The number of carbonyl (C=O) groups is 1. The normalized spacial score (nSPS) is 11.2. The lowest BCUT2D eigenvalue weighted by atomic mass is 10.1. The Labute approximate surface area is 116 Å². The van der Waals surface area contributed by atoms with Crippen molar-refractivity contribution in [2.45, 2.75) is 0 Å². The van der Waals surface area contributed by atoms with Gasteiger partial charge < -0.3 is 10.1 Å². The summed E-state index contributed by atoms with van der Waals surface area (Å²) in [6, 6.07) is 14.2. The van der Waals surface area contributed by atoms with Crippen molar-refractivity contribution in [2.75, 3.05) is 0 Å². The lowest BCUT2D eigenvalue weighted by Gasteiger charge is -1.97. The fraction of sp³-hybridized carbons (Fsp3) is 0. The molecule has 0 spiro atoms. The molecular weight excluding hydrogens is 250 g/mol. The van der Waals surface area contributed by atoms with Crippen LogP contribution in [-0.4, -0.2) is 15.9 Å². The molecule has 20 heavy (non-hydrogen) atoms. The van der Waals surface area contributed by atoms with E-state index in [0.717, 1.165) is 16.5 Å². The summed E-state index contributed by atoms with van der Waals surface area (Å²) in [7, 11) is 0. The van der Waals surface area contributed by atoms with Gasteiger partial charge in [-0.3, -0.25) is 4.79 Å². The number of hydrogen-bond donors (Lipinski definition) is 2. The molecule has 2 N–H and O–H groups in total. The summed E-state index contributed by atoms with van der Waals surface area (Å²) in [6.45, 7) is 0. The van der Waals surface area contributed by atoms with Gasteiger partial charge in [-0.25, -0.2) is 0 Å². The molecule has 3 rings (SSSR count). The number of nitrogens with one attached hydrogen (secondary N) is 1. The van der Waals surface area contributed by atoms with Gasteiger partial charge in [0.2, 0.25) is 0 Å². The molecule has 0 aliphatic carbocycles. The van der Waals surface area contributed by atoms with Crippen LogP contribution in [0.5, 0.6) is 5.75 Å². The number of hydrogen-bond acceptors (Lipinski definition) is 2. The fourth-order valence-corrected chi connectivity index (χ4v) is 2.07. The van der Waals surface area contributed by atoms with Crippen molar-refractivity contribution in [3.05, 3.63) is 71.9 Å². The van der Waals surface area contributed by atoms with E-state index in [-0.39, 0.29) is 11.5 Å². The van der Waals surface area contributed by atoms with Gasteiger partial charge in [-0.15, -0.1) is 0 Å². The molecule has 0 fully saturated rings. The van der Waals surface area contributed by atoms with Crippen molar-refractivity contribution in [3.63, 3.8) is 0 Å². The third-order valence-electron chi connectivity index (χ3n) is 3.16. The molecule has 0 radical (unpaired) electrons. The average molecular weight is 263 g/mol. The Morgan fingerprint density at radius 1 is 1.05 bits per heavy atom. The van der Waals surface area contributed by atoms with Crippen LogP contribution in [0.25, 0.3) is 17.0 Å². The number of carbonyl (C=O) groups excluding carboxylic acids is 1. The van der Waals surface area contributed by atoms with E-state index in [1.54, 1.807) is 24.3 Å². The van der Waals surface area contributed by atoms with Gasteiger partial charge in [-0.05, 0) is 59.5 Å². The molecular formula is C17H13NO2. The van der Waals surface area contributed by atoms with Crippen molar-refractivity contribution < 1.29 is 9.90 Å². The molecule has 0 saturated heterocycles. The zero-order valence-electron chi connectivity index (χ0n) is 10.7. The van der Waals surface area contributed by atoms with Crippen molar-refractivity contribution in [1.82, 2.24) is 4.98 Å². The Bertz CT molecular complexity index is 782. The van der Waals surface area contributed by atoms with Crippen molar-refractivity contribution in [1.29, 1.82) is 0 Å². The second-order valence-corrected chi connectivity index (χ2v) is 4.57. The Morgan fingerprint density at radius 3 is 2.65 bits per heavy atom. The third-order valence-corrected chi connectivity index (χ3v) is 3.16. The summed E-state index contributed by atoms with van der Waals surface area (Å²) in [5, 5.41) is 10.3. The second-order valence-electron chi connectivity index (χ2n) is 4.57. The van der Waals surface area contributed by atoms with Crippen LogP contribution >= 0.6 is 0 Å². The molecule has 0 bridgehead atoms. The monoisotopic (exact) mass is 263 g/mol. The minimum atomic E-state index is -0.0841. The highest BCUT2D eigenvalue weighted by Crippen LogP contribution is 2.16. The smallest absolute Gasteiger partial charge is 0.185 e. The summed E-state index contributed by atoms with van der Waals surface area (Å²) in [5.41, 5.74) is 2.61. The Hall–Kier alpha value is -2.81. The fourth-order valence-electron chi connectivity index (χ4n) is 2.07. The Kier molecular flexibility index (Phi) is 3.09. The lowest BCUT2D eigenvalue weighted by molar-refractivity contribution is 0.104. The molecule has 3 heteroatoms. The zero-order chi connectivity index (χ0) is 13.9. The number of aromatic hydroxyl groups is 1. The van der Waals surface area contributed by atoms with E-state index in [1.807, 2.05) is 30.5 Å². The number of allylic oxidation sites excluding steroid dienone is 1. The first-order valence-electron chi connectivity index (χ1n) is 6.31. The van der Waals surface area contributed by atoms with E-state index >= 15 is 0 Å². The molecule has 1 heterocycles. The van der Waals surface area contributed by atoms with Crippen molar-refractivity contribution in [3.8, 4) is 5.75 Å². The van der Waals surface area contributed by atoms with E-state index in [4.69, 9.17) is 0 Å². The van der Waals surface area contributed by atoms with Gasteiger partial charge >= 0.3 is 0 Å². The highest BCUT2D eigenvalue weighted by molar-refractivity contribution is 6.07. The maximum Gasteiger partial charge on any atom is 0.185 e. The van der Waals surface area contributed by atoms with Gasteiger partial charge in [0.15, 0.2) is 5.78 Å². The van der Waals surface area contributed by atoms with Crippen LogP contribution in [-0.2, 0) is 0 Å². The standard InChI is InChI=1S/C17H13NO2/c19-15-5-3-13(4-6-15)17(20)8-2-12-1-7-16-14(11-12)9-10-18-16/h1-11,18-19H/b8-2+. The number of phenolic OH excluding ortho intramolecular Hbond substituents is 1. The molecule has 0 unspecified atom stereocenters. The maximum atomic E-state index is 12.0. The van der Waals surface area contributed by atoms with Gasteiger partial charge in [0.05, 0.1) is 0 Å². The number of phenols is 1. The summed E-state index contributed by atoms with van der Waals surface area (Å²) in [6.07, 6.45) is 5.22. The van der Waals surface area contributed by atoms with Gasteiger partial charge in [0.25, 0.3) is 0 Å². The minimum Gasteiger partial charge on any atom is -0.508 e. The Morgan fingerprint density at radius 2 is 1.85 bits per heavy atom. The molecule has 0 atom stereocenters. The van der Waals surface area contributed by atoms with Gasteiger partial charge in [0, 0.05) is 17.3 Å². The molecule has 3 aromatic rings. The van der Waals surface area contributed by atoms with Gasteiger partial charge in [-0.1, -0.05) is 12.1 Å². The van der Waals surface area contributed by atoms with Crippen LogP contribution in [0.4, 0.5) is 0 Å². The number of benzene rings is 2. The van der Waals surface area contributed by atoms with Crippen LogP contribution in [0, 0.1) is 0 Å². The quantitative estimate of drug-likeness (QED) is 0.558. The summed E-state index contributed by atoms with van der Waals surface area (Å²) < 4.78 is 0. The largest absolute Gasteiger partial charge is 0.508 e. The number of rotatable bonds is 3. The predicted molar refractivity (Wildman–Crippen MR) is 79.8 cm³/mol. The summed E-state index contributed by atoms with van der Waals surface area (Å²) in [5.74, 6) is 0.0719. The van der Waals surface area contributed by atoms with Crippen LogP contribution in [0.2, 0.25) is 0 Å². The minimum absolute atomic E-state index is 0.0841. The Balaban J connectivity index is 1.82. The molecule has 0 aliphatic rings. The van der Waals surface area contributed by atoms with E-state index in [2.05, 4.69) is 4.98 Å². The lowest BCUT2D eigenvalue weighted by Crippen LogP contribution is -1.92. The van der Waals surface area contributed by atoms with Crippen molar-refractivity contribution >= 4 is 22.8 Å². The number of aromatic amines is 1. The topological polar surface area (TPSA) is 53.1 Å². The summed E-state index contributed by atoms with van der Waals surface area (Å²) in [4.78, 5) is 15.1. The van der Waals surface area contributed by atoms with Gasteiger partial charge in [-0.2, -0.15) is 0 Å². The van der Waals surface area contributed by atoms with E-state index in [1.165, 1.54) is 12.1 Å². The van der Waals surface area contributed by atoms with E-state index in [0.29, 0.717) is 5.56 Å². The molecule has 3 nitrogen and oxygen atoms in total. The average Bonchev–Trinajstić information content (AvgIpc) is 2.93. The van der Waals surface area contributed by atoms with E-state index in [9.17, 15) is 9.90 Å².